The predicted octanol–water partition coefficient (Wildman–Crippen LogP) is 3.04. The Morgan fingerprint density at radius 3 is 2.44 bits per heavy atom. The van der Waals surface area contributed by atoms with Crippen LogP contribution < -0.4 is 5.32 Å². The molecule has 1 aliphatic rings. The quantitative estimate of drug-likeness (QED) is 0.433. The van der Waals surface area contributed by atoms with E-state index in [4.69, 9.17) is 0 Å². The van der Waals surface area contributed by atoms with Crippen LogP contribution in [0, 0.1) is 10.1 Å². The number of sulfonamides is 1. The lowest BCUT2D eigenvalue weighted by Crippen LogP contribution is -2.35. The van der Waals surface area contributed by atoms with Gasteiger partial charge in [-0.05, 0) is 42.7 Å². The van der Waals surface area contributed by atoms with Gasteiger partial charge in [-0.2, -0.15) is 4.31 Å². The summed E-state index contributed by atoms with van der Waals surface area (Å²) in [7, 11) is -3.47. The molecule has 0 unspecified atom stereocenters. The second-order valence-electron chi connectivity index (χ2n) is 7.83. The lowest BCUT2D eigenvalue weighted by atomic mass is 10.2. The molecule has 0 bridgehead atoms. The summed E-state index contributed by atoms with van der Waals surface area (Å²) in [6.07, 6.45) is 4.55. The molecule has 10 heteroatoms. The molecule has 3 aromatic rings. The summed E-state index contributed by atoms with van der Waals surface area (Å²) in [5.41, 5.74) is 1.53. The van der Waals surface area contributed by atoms with Gasteiger partial charge in [-0.1, -0.05) is 18.6 Å². The molecule has 0 atom stereocenters. The van der Waals surface area contributed by atoms with Crippen LogP contribution in [0.3, 0.4) is 0 Å². The highest BCUT2D eigenvalue weighted by Gasteiger charge is 2.25. The van der Waals surface area contributed by atoms with Crippen molar-refractivity contribution in [1.82, 2.24) is 14.2 Å². The summed E-state index contributed by atoms with van der Waals surface area (Å²) in [4.78, 5) is 23.1. The third-order valence-corrected chi connectivity index (χ3v) is 7.56. The fourth-order valence-electron chi connectivity index (χ4n) is 3.88. The van der Waals surface area contributed by atoms with E-state index in [1.807, 2.05) is 0 Å². The zero-order valence-corrected chi connectivity index (χ0v) is 18.3. The number of carbonyl (C=O) groups excluding carboxylic acids is 1. The van der Waals surface area contributed by atoms with Gasteiger partial charge in [-0.3, -0.25) is 14.9 Å². The summed E-state index contributed by atoms with van der Waals surface area (Å²) >= 11 is 0. The molecule has 2 heterocycles. The molecule has 0 spiro atoms. The Balaban J connectivity index is 1.36. The van der Waals surface area contributed by atoms with Crippen LogP contribution in [0.25, 0.3) is 10.9 Å². The number of nitro groups is 1. The van der Waals surface area contributed by atoms with Crippen molar-refractivity contribution < 1.29 is 18.1 Å². The fourth-order valence-corrected chi connectivity index (χ4v) is 5.40. The van der Waals surface area contributed by atoms with E-state index < -0.39 is 14.9 Å². The molecule has 168 valence electrons. The number of nitrogens with zero attached hydrogens (tertiary/aromatic N) is 3. The zero-order valence-electron chi connectivity index (χ0n) is 17.4. The Morgan fingerprint density at radius 1 is 1.03 bits per heavy atom. The van der Waals surface area contributed by atoms with Gasteiger partial charge in [0.25, 0.3) is 5.69 Å². The number of aromatic nitrogens is 1. The highest BCUT2D eigenvalue weighted by atomic mass is 32.2. The largest absolute Gasteiger partial charge is 0.350 e. The van der Waals surface area contributed by atoms with E-state index in [1.54, 1.807) is 47.2 Å². The van der Waals surface area contributed by atoms with Crippen molar-refractivity contribution >= 4 is 32.5 Å². The average Bonchev–Trinajstić information content (AvgIpc) is 3.20. The molecule has 0 aliphatic carbocycles. The SMILES string of the molecule is O=C(Cn1ccc2cc([N+](=O)[O-])ccc21)NCc1ccc(S(=O)(=O)N2CCCCC2)cc1. The fraction of sp³-hybridized carbons (Fsp3) is 0.318. The normalized spacial score (nSPS) is 15.0. The second-order valence-corrected chi connectivity index (χ2v) is 9.77. The predicted molar refractivity (Wildman–Crippen MR) is 119 cm³/mol. The van der Waals surface area contributed by atoms with Crippen molar-refractivity contribution in [3.63, 3.8) is 0 Å². The number of nitro benzene ring substituents is 1. The van der Waals surface area contributed by atoms with Gasteiger partial charge in [0.2, 0.25) is 15.9 Å². The molecule has 1 saturated heterocycles. The summed E-state index contributed by atoms with van der Waals surface area (Å²) < 4.78 is 28.7. The topological polar surface area (TPSA) is 115 Å². The third kappa shape index (κ3) is 4.66. The van der Waals surface area contributed by atoms with Gasteiger partial charge in [0.05, 0.1) is 9.82 Å². The molecule has 9 nitrogen and oxygen atoms in total. The zero-order chi connectivity index (χ0) is 22.7. The number of piperidine rings is 1. The van der Waals surface area contributed by atoms with Crippen LogP contribution in [-0.4, -0.2) is 41.2 Å². The van der Waals surface area contributed by atoms with Crippen LogP contribution >= 0.6 is 0 Å². The number of fused-ring (bicyclic) bond motifs is 1. The molecule has 32 heavy (non-hydrogen) atoms. The molecule has 1 aliphatic heterocycles. The Morgan fingerprint density at radius 2 is 1.75 bits per heavy atom. The summed E-state index contributed by atoms with van der Waals surface area (Å²) in [6.45, 7) is 1.46. The van der Waals surface area contributed by atoms with Crippen LogP contribution in [0.5, 0.6) is 0 Å². The lowest BCUT2D eigenvalue weighted by molar-refractivity contribution is -0.384. The van der Waals surface area contributed by atoms with Crippen LogP contribution in [0.2, 0.25) is 0 Å². The Kier molecular flexibility index (Phi) is 6.24. The number of carbonyl (C=O) groups is 1. The van der Waals surface area contributed by atoms with Crippen molar-refractivity contribution in [2.75, 3.05) is 13.1 Å². The molecule has 0 saturated carbocycles. The molecule has 0 radical (unpaired) electrons. The Hall–Kier alpha value is -3.24. The van der Waals surface area contributed by atoms with E-state index in [0.717, 1.165) is 30.3 Å². The number of non-ortho nitro benzene ring substituents is 1. The Bertz CT molecular complexity index is 1250. The lowest BCUT2D eigenvalue weighted by Gasteiger charge is -2.25. The number of amides is 1. The third-order valence-electron chi connectivity index (χ3n) is 5.65. The maximum Gasteiger partial charge on any atom is 0.270 e. The monoisotopic (exact) mass is 456 g/mol. The first-order valence-electron chi connectivity index (χ1n) is 10.4. The van der Waals surface area contributed by atoms with E-state index in [1.165, 1.54) is 16.4 Å². The maximum absolute atomic E-state index is 12.7. The minimum Gasteiger partial charge on any atom is -0.350 e. The van der Waals surface area contributed by atoms with Gasteiger partial charge in [0.15, 0.2) is 0 Å². The van der Waals surface area contributed by atoms with E-state index in [2.05, 4.69) is 5.32 Å². The Labute approximate surface area is 185 Å². The second kappa shape index (κ2) is 9.09. The summed E-state index contributed by atoms with van der Waals surface area (Å²) in [6, 6.07) is 12.8. The van der Waals surface area contributed by atoms with Crippen LogP contribution in [0.15, 0.2) is 59.6 Å². The van der Waals surface area contributed by atoms with Gasteiger partial charge in [0, 0.05) is 48.9 Å². The average molecular weight is 457 g/mol. The summed E-state index contributed by atoms with van der Waals surface area (Å²) in [5, 5.41) is 14.4. The molecule has 1 aromatic heterocycles. The molecule has 4 rings (SSSR count). The minimum atomic E-state index is -3.47. The first-order valence-corrected chi connectivity index (χ1v) is 11.9. The van der Waals surface area contributed by atoms with Gasteiger partial charge in [-0.15, -0.1) is 0 Å². The summed E-state index contributed by atoms with van der Waals surface area (Å²) in [5.74, 6) is -0.217. The standard InChI is InChI=1S/C22H24N4O5S/c27-22(16-24-13-10-18-14-19(26(28)29)6-9-21(18)24)23-15-17-4-7-20(8-5-17)32(30,31)25-11-2-1-3-12-25/h4-10,13-14H,1-3,11-12,15-16H2,(H,23,27). The number of rotatable bonds is 7. The van der Waals surface area contributed by atoms with Crippen molar-refractivity contribution in [2.45, 2.75) is 37.2 Å². The van der Waals surface area contributed by atoms with Gasteiger partial charge in [-0.25, -0.2) is 8.42 Å². The number of benzene rings is 2. The van der Waals surface area contributed by atoms with Crippen LogP contribution in [-0.2, 0) is 27.9 Å². The molecule has 1 fully saturated rings. The van der Waals surface area contributed by atoms with Gasteiger partial charge in [0.1, 0.15) is 6.54 Å². The van der Waals surface area contributed by atoms with Crippen molar-refractivity contribution in [1.29, 1.82) is 0 Å². The molecule has 1 N–H and O–H groups in total. The smallest absolute Gasteiger partial charge is 0.270 e. The van der Waals surface area contributed by atoms with Gasteiger partial charge < -0.3 is 9.88 Å². The number of nitrogens with one attached hydrogen (secondary N) is 1. The first kappa shape index (κ1) is 22.0. The van der Waals surface area contributed by atoms with Crippen LogP contribution in [0.1, 0.15) is 24.8 Å². The highest BCUT2D eigenvalue weighted by Crippen LogP contribution is 2.22. The molecule has 1 amide bonds. The first-order chi connectivity index (χ1) is 15.3. The minimum absolute atomic E-state index is 0.00505. The number of hydrogen-bond donors (Lipinski definition) is 1. The van der Waals surface area contributed by atoms with Crippen molar-refractivity contribution in [2.24, 2.45) is 0 Å². The number of hydrogen-bond acceptors (Lipinski definition) is 5. The van der Waals surface area contributed by atoms with Crippen molar-refractivity contribution in [3.8, 4) is 0 Å². The van der Waals surface area contributed by atoms with E-state index >= 15 is 0 Å². The van der Waals surface area contributed by atoms with Crippen molar-refractivity contribution in [3.05, 3.63) is 70.4 Å². The highest BCUT2D eigenvalue weighted by molar-refractivity contribution is 7.89. The van der Waals surface area contributed by atoms with Crippen LogP contribution in [0.4, 0.5) is 5.69 Å². The van der Waals surface area contributed by atoms with E-state index in [9.17, 15) is 23.3 Å². The molecular formula is C22H24N4O5S. The molecular weight excluding hydrogens is 432 g/mol. The van der Waals surface area contributed by atoms with E-state index in [0.29, 0.717) is 18.5 Å². The van der Waals surface area contributed by atoms with E-state index in [-0.39, 0.29) is 29.6 Å². The molecule has 2 aromatic carbocycles. The maximum atomic E-state index is 12.7. The van der Waals surface area contributed by atoms with Gasteiger partial charge >= 0.3 is 0 Å².